The highest BCUT2D eigenvalue weighted by atomic mass is 35.5. The number of halogens is 4. The van der Waals surface area contributed by atoms with Gasteiger partial charge in [-0.3, -0.25) is 14.4 Å². The molecule has 2 aliphatic rings. The number of aliphatic carboxylic acids is 1. The molecule has 0 bridgehead atoms. The van der Waals surface area contributed by atoms with Gasteiger partial charge in [-0.25, -0.2) is 18.2 Å². The van der Waals surface area contributed by atoms with Crippen molar-refractivity contribution in [1.29, 1.82) is 0 Å². The fourth-order valence-corrected chi connectivity index (χ4v) is 7.95. The number of nitrogens with zero attached hydrogens (tertiary/aromatic N) is 2. The molecule has 0 spiro atoms. The number of sulfonamides is 1. The van der Waals surface area contributed by atoms with E-state index in [0.717, 1.165) is 4.31 Å². The van der Waals surface area contributed by atoms with Gasteiger partial charge in [-0.05, 0) is 55.7 Å². The molecule has 2 aliphatic heterocycles. The fourth-order valence-electron chi connectivity index (χ4n) is 4.78. The fraction of sp³-hybridized carbons (Fsp3) is 0.296. The van der Waals surface area contributed by atoms with Crippen LogP contribution in [0.4, 0.5) is 5.69 Å². The monoisotopic (exact) mass is 688 g/mol. The van der Waals surface area contributed by atoms with Crippen molar-refractivity contribution < 1.29 is 32.7 Å². The first-order chi connectivity index (χ1) is 20.1. The number of carbonyl (C=O) groups excluding carboxylic acids is 3. The summed E-state index contributed by atoms with van der Waals surface area (Å²) in [4.78, 5) is 53.0. The number of rotatable bonds is 9. The van der Waals surface area contributed by atoms with Crippen LogP contribution < -0.4 is 10.6 Å². The number of carboxylic acids is 1. The Hall–Kier alpha value is -3.00. The van der Waals surface area contributed by atoms with Gasteiger partial charge in [-0.15, -0.1) is 0 Å². The third kappa shape index (κ3) is 7.22. The normalized spacial score (nSPS) is 20.0. The summed E-state index contributed by atoms with van der Waals surface area (Å²) in [6.45, 7) is 1.48. The minimum atomic E-state index is -4.21. The number of amides is 3. The van der Waals surface area contributed by atoms with Crippen LogP contribution in [0.2, 0.25) is 10.0 Å². The molecule has 3 N–H and O–H groups in total. The third-order valence-electron chi connectivity index (χ3n) is 6.98. The zero-order valence-electron chi connectivity index (χ0n) is 22.4. The van der Waals surface area contributed by atoms with E-state index in [1.165, 1.54) is 37.3 Å². The number of carbonyl (C=O) groups is 4. The summed E-state index contributed by atoms with van der Waals surface area (Å²) in [6, 6.07) is 8.55. The molecule has 1 fully saturated rings. The number of hydrogen-bond acceptors (Lipinski definition) is 6. The molecule has 0 radical (unpaired) electrons. The summed E-state index contributed by atoms with van der Waals surface area (Å²) in [5.74, 6) is -3.35. The lowest BCUT2D eigenvalue weighted by molar-refractivity contribution is -0.143. The van der Waals surface area contributed by atoms with E-state index in [9.17, 15) is 32.7 Å². The average Bonchev–Trinajstić information content (AvgIpc) is 3.31. The van der Waals surface area contributed by atoms with Gasteiger partial charge >= 0.3 is 5.97 Å². The Morgan fingerprint density at radius 3 is 2.28 bits per heavy atom. The van der Waals surface area contributed by atoms with Gasteiger partial charge in [-0.1, -0.05) is 58.5 Å². The minimum absolute atomic E-state index is 0.0385. The first kappa shape index (κ1) is 32.9. The highest BCUT2D eigenvalue weighted by Gasteiger charge is 2.50. The number of benzene rings is 2. The number of nitrogens with one attached hydrogen (secondary N) is 2. The summed E-state index contributed by atoms with van der Waals surface area (Å²) < 4.78 is 28.0. The van der Waals surface area contributed by atoms with Gasteiger partial charge < -0.3 is 15.7 Å². The molecule has 0 aromatic heterocycles. The number of hydrogen-bond donors (Lipinski definition) is 3. The largest absolute Gasteiger partial charge is 0.480 e. The molecular weight excluding hydrogens is 666 g/mol. The highest BCUT2D eigenvalue weighted by molar-refractivity contribution is 7.89. The summed E-state index contributed by atoms with van der Waals surface area (Å²) in [5.41, 5.74) is -0.876. The van der Waals surface area contributed by atoms with Crippen molar-refractivity contribution >= 4 is 91.0 Å². The molecule has 0 aliphatic carbocycles. The second kappa shape index (κ2) is 12.9. The Kier molecular flexibility index (Phi) is 9.89. The smallest absolute Gasteiger partial charge is 0.326 e. The Balaban J connectivity index is 1.46. The summed E-state index contributed by atoms with van der Waals surface area (Å²) >= 11 is 23.9. The maximum absolute atomic E-state index is 13.5. The van der Waals surface area contributed by atoms with Crippen LogP contribution in [0.25, 0.3) is 0 Å². The first-order valence-electron chi connectivity index (χ1n) is 12.7. The lowest BCUT2D eigenvalue weighted by Crippen LogP contribution is -2.58. The van der Waals surface area contributed by atoms with Crippen molar-refractivity contribution in [3.05, 3.63) is 68.7 Å². The van der Waals surface area contributed by atoms with Gasteiger partial charge in [0.15, 0.2) is 0 Å². The quantitative estimate of drug-likeness (QED) is 0.353. The molecule has 43 heavy (non-hydrogen) atoms. The van der Waals surface area contributed by atoms with Crippen LogP contribution in [0, 0.1) is 0 Å². The maximum atomic E-state index is 13.5. The highest BCUT2D eigenvalue weighted by Crippen LogP contribution is 2.36. The van der Waals surface area contributed by atoms with Gasteiger partial charge in [0, 0.05) is 33.7 Å². The lowest BCUT2D eigenvalue weighted by Gasteiger charge is -2.34. The van der Waals surface area contributed by atoms with Crippen LogP contribution in [0.5, 0.6) is 0 Å². The second-order valence-electron chi connectivity index (χ2n) is 10.0. The molecule has 4 rings (SSSR count). The molecule has 0 saturated carbocycles. The molecule has 228 valence electrons. The zero-order chi connectivity index (χ0) is 31.7. The van der Waals surface area contributed by atoms with Crippen LogP contribution in [0.1, 0.15) is 31.7 Å². The van der Waals surface area contributed by atoms with Crippen molar-refractivity contribution in [2.75, 3.05) is 11.9 Å². The average molecular weight is 690 g/mol. The molecule has 2 atom stereocenters. The lowest BCUT2D eigenvalue weighted by atomic mass is 9.97. The molecule has 11 nitrogen and oxygen atoms in total. The van der Waals surface area contributed by atoms with Crippen molar-refractivity contribution in [3.63, 3.8) is 0 Å². The van der Waals surface area contributed by atoms with Crippen LogP contribution in [0.15, 0.2) is 63.0 Å². The van der Waals surface area contributed by atoms with Crippen LogP contribution in [0.3, 0.4) is 0 Å². The minimum Gasteiger partial charge on any atom is -0.480 e. The van der Waals surface area contributed by atoms with Gasteiger partial charge in [-0.2, -0.15) is 4.31 Å². The molecule has 2 aromatic rings. The van der Waals surface area contributed by atoms with Crippen molar-refractivity contribution in [2.24, 2.45) is 4.99 Å². The number of anilines is 1. The Morgan fingerprint density at radius 2 is 1.70 bits per heavy atom. The molecule has 3 amide bonds. The maximum Gasteiger partial charge on any atom is 0.326 e. The Labute approximate surface area is 266 Å². The van der Waals surface area contributed by atoms with E-state index in [-0.39, 0.29) is 56.5 Å². The van der Waals surface area contributed by atoms with Crippen molar-refractivity contribution in [3.8, 4) is 0 Å². The van der Waals surface area contributed by atoms with E-state index in [4.69, 9.17) is 46.4 Å². The van der Waals surface area contributed by atoms with E-state index in [2.05, 4.69) is 15.6 Å². The Morgan fingerprint density at radius 1 is 1.07 bits per heavy atom. The van der Waals surface area contributed by atoms with Crippen molar-refractivity contribution in [1.82, 2.24) is 9.62 Å². The molecule has 0 unspecified atom stereocenters. The third-order valence-corrected chi connectivity index (χ3v) is 10.0. The standard InChI is InChI=1S/C27H24Cl4N4O7S/c1-27(7-2-8-35(27)43(41,42)18-11-15(28)10-16(29)12-18)26(40)33-20(25(38)39)9-14-3-5-17(6-4-14)32-24(37)22-19(30)13-21(36)34-23(22)31/h3-6,10-12,20H,2,7-9,13H2,1H3,(H,32,37)(H,33,40)(H,38,39)/t20-,27-/m0/s1. The van der Waals surface area contributed by atoms with Crippen LogP contribution in [-0.4, -0.2) is 64.8 Å². The Bertz CT molecular complexity index is 1660. The topological polar surface area (TPSA) is 162 Å². The zero-order valence-corrected chi connectivity index (χ0v) is 26.2. The predicted octanol–water partition coefficient (Wildman–Crippen LogP) is 4.35. The predicted molar refractivity (Wildman–Crippen MR) is 162 cm³/mol. The first-order valence-corrected chi connectivity index (χ1v) is 15.7. The molecule has 2 aromatic carbocycles. The number of dihydropyridines is 1. The number of carboxylic acid groups (broad SMARTS) is 1. The molecular formula is C27H24Cl4N4O7S. The molecule has 1 saturated heterocycles. The van der Waals surface area contributed by atoms with E-state index in [1.807, 2.05) is 0 Å². The second-order valence-corrected chi connectivity index (χ2v) is 13.6. The van der Waals surface area contributed by atoms with E-state index < -0.39 is 45.3 Å². The van der Waals surface area contributed by atoms with Crippen molar-refractivity contribution in [2.45, 2.75) is 49.1 Å². The summed E-state index contributed by atoms with van der Waals surface area (Å²) in [6.07, 6.45) is 0.146. The van der Waals surface area contributed by atoms with E-state index >= 15 is 0 Å². The molecule has 2 heterocycles. The van der Waals surface area contributed by atoms with Gasteiger partial charge in [0.2, 0.25) is 15.9 Å². The van der Waals surface area contributed by atoms with E-state index in [1.54, 1.807) is 12.1 Å². The summed E-state index contributed by atoms with van der Waals surface area (Å²) in [5, 5.41) is 14.8. The van der Waals surface area contributed by atoms with Gasteiger partial charge in [0.05, 0.1) is 16.9 Å². The number of aliphatic imine (C=N–C) groups is 1. The molecule has 16 heteroatoms. The van der Waals surface area contributed by atoms with E-state index in [0.29, 0.717) is 17.7 Å². The summed E-state index contributed by atoms with van der Waals surface area (Å²) in [7, 11) is -4.21. The SMILES string of the molecule is C[C@@]1(C(=O)N[C@@H](Cc2ccc(NC(=O)C3=C(Cl)CC(=O)N=C3Cl)cc2)C(=O)O)CCCN1S(=O)(=O)c1cc(Cl)cc(Cl)c1. The van der Waals surface area contributed by atoms with Crippen LogP contribution >= 0.6 is 46.4 Å². The van der Waals surface area contributed by atoms with Gasteiger partial charge in [0.1, 0.15) is 16.8 Å². The van der Waals surface area contributed by atoms with Gasteiger partial charge in [0.25, 0.3) is 11.8 Å². The van der Waals surface area contributed by atoms with Crippen LogP contribution in [-0.2, 0) is 35.6 Å².